The van der Waals surface area contributed by atoms with Gasteiger partial charge in [0, 0.05) is 30.3 Å². The number of fused-ring (bicyclic) bond motifs is 2. The maximum absolute atomic E-state index is 13.6. The van der Waals surface area contributed by atoms with Gasteiger partial charge in [0.25, 0.3) is 0 Å². The minimum atomic E-state index is -0.265. The van der Waals surface area contributed by atoms with E-state index in [-0.39, 0.29) is 23.1 Å². The number of hydrogen-bond donors (Lipinski definition) is 0. The Bertz CT molecular complexity index is 1370. The van der Waals surface area contributed by atoms with Crippen LogP contribution >= 0.6 is 0 Å². The first-order chi connectivity index (χ1) is 16.5. The molecular formula is C26H26FN5O2. The van der Waals surface area contributed by atoms with E-state index >= 15 is 0 Å². The highest BCUT2D eigenvalue weighted by Crippen LogP contribution is 2.49. The second-order valence-electron chi connectivity index (χ2n) is 9.50. The standard InChI is InChI=1S/C26H26FN5O2/c1-2-34-25(33)18-9-11-26(12-10-18)13-22-30-23(17-3-6-20(27)7-4-17)24(31(22)15-26)19-5-8-21-28-16-29-32(21)14-19/h3-8,14,16,18H,2,9-13,15H2,1H3. The summed E-state index contributed by atoms with van der Waals surface area (Å²) in [4.78, 5) is 21.6. The molecule has 7 nitrogen and oxygen atoms in total. The van der Waals surface area contributed by atoms with Crippen LogP contribution in [-0.2, 0) is 22.5 Å². The third-order valence-corrected chi connectivity index (χ3v) is 7.40. The Morgan fingerprint density at radius 1 is 1.15 bits per heavy atom. The fourth-order valence-corrected chi connectivity index (χ4v) is 5.65. The molecular weight excluding hydrogens is 433 g/mol. The highest BCUT2D eigenvalue weighted by atomic mass is 19.1. The van der Waals surface area contributed by atoms with Gasteiger partial charge in [-0.25, -0.2) is 18.9 Å². The fraction of sp³-hybridized carbons (Fsp3) is 0.385. The van der Waals surface area contributed by atoms with Crippen molar-refractivity contribution in [3.63, 3.8) is 0 Å². The zero-order valence-electron chi connectivity index (χ0n) is 19.1. The van der Waals surface area contributed by atoms with Gasteiger partial charge in [-0.2, -0.15) is 5.10 Å². The van der Waals surface area contributed by atoms with Gasteiger partial charge < -0.3 is 9.30 Å². The molecule has 0 saturated heterocycles. The number of hydrogen-bond acceptors (Lipinski definition) is 5. The summed E-state index contributed by atoms with van der Waals surface area (Å²) in [5.74, 6) is 0.719. The number of pyridine rings is 1. The van der Waals surface area contributed by atoms with Crippen LogP contribution in [0.15, 0.2) is 48.9 Å². The molecule has 34 heavy (non-hydrogen) atoms. The largest absolute Gasteiger partial charge is 0.466 e. The highest BCUT2D eigenvalue weighted by molar-refractivity contribution is 5.79. The molecule has 6 rings (SSSR count). The van der Waals surface area contributed by atoms with Crippen molar-refractivity contribution in [1.82, 2.24) is 24.1 Å². The summed E-state index contributed by atoms with van der Waals surface area (Å²) in [6, 6.07) is 10.5. The molecule has 0 unspecified atom stereocenters. The van der Waals surface area contributed by atoms with Gasteiger partial charge in [-0.05, 0) is 74.4 Å². The van der Waals surface area contributed by atoms with Crippen molar-refractivity contribution in [2.75, 3.05) is 6.61 Å². The average Bonchev–Trinajstić information content (AvgIpc) is 3.53. The first-order valence-electron chi connectivity index (χ1n) is 11.9. The van der Waals surface area contributed by atoms with Crippen molar-refractivity contribution in [3.8, 4) is 22.5 Å². The maximum atomic E-state index is 13.6. The predicted octanol–water partition coefficient (Wildman–Crippen LogP) is 4.69. The van der Waals surface area contributed by atoms with E-state index in [1.54, 1.807) is 16.6 Å². The first-order valence-corrected chi connectivity index (χ1v) is 11.9. The number of carbonyl (C=O) groups is 1. The van der Waals surface area contributed by atoms with Gasteiger partial charge >= 0.3 is 5.97 Å². The molecule has 174 valence electrons. The second kappa shape index (κ2) is 8.04. The summed E-state index contributed by atoms with van der Waals surface area (Å²) in [5, 5.41) is 4.30. The lowest BCUT2D eigenvalue weighted by Crippen LogP contribution is -2.32. The Balaban J connectivity index is 1.37. The molecule has 8 heteroatoms. The van der Waals surface area contributed by atoms with Crippen LogP contribution < -0.4 is 0 Å². The van der Waals surface area contributed by atoms with E-state index < -0.39 is 0 Å². The number of benzene rings is 1. The lowest BCUT2D eigenvalue weighted by atomic mass is 9.69. The van der Waals surface area contributed by atoms with Crippen molar-refractivity contribution < 1.29 is 13.9 Å². The van der Waals surface area contributed by atoms with E-state index in [1.807, 2.05) is 25.3 Å². The van der Waals surface area contributed by atoms with Crippen molar-refractivity contribution >= 4 is 11.6 Å². The Labute approximate surface area is 196 Å². The number of rotatable bonds is 4. The predicted molar refractivity (Wildman–Crippen MR) is 124 cm³/mol. The van der Waals surface area contributed by atoms with E-state index in [0.29, 0.717) is 6.61 Å². The van der Waals surface area contributed by atoms with Crippen molar-refractivity contribution in [3.05, 3.63) is 60.6 Å². The number of nitrogens with zero attached hydrogens (tertiary/aromatic N) is 5. The Hall–Kier alpha value is -3.55. The van der Waals surface area contributed by atoms with Crippen LogP contribution in [-0.4, -0.2) is 36.7 Å². The smallest absolute Gasteiger partial charge is 0.308 e. The van der Waals surface area contributed by atoms with Crippen molar-refractivity contribution in [2.24, 2.45) is 11.3 Å². The quantitative estimate of drug-likeness (QED) is 0.414. The first kappa shape index (κ1) is 21.0. The summed E-state index contributed by atoms with van der Waals surface area (Å²) < 4.78 is 23.0. The highest BCUT2D eigenvalue weighted by Gasteiger charge is 2.44. The van der Waals surface area contributed by atoms with Crippen LogP contribution in [0.1, 0.15) is 38.4 Å². The van der Waals surface area contributed by atoms with Crippen molar-refractivity contribution in [2.45, 2.75) is 45.6 Å². The van der Waals surface area contributed by atoms with Crippen LogP contribution in [0.5, 0.6) is 0 Å². The number of imidazole rings is 1. The molecule has 0 N–H and O–H groups in total. The number of carbonyl (C=O) groups excluding carboxylic acids is 1. The molecule has 3 aromatic heterocycles. The molecule has 1 aliphatic carbocycles. The third kappa shape index (κ3) is 3.48. The molecule has 1 spiro atoms. The fourth-order valence-electron chi connectivity index (χ4n) is 5.65. The number of halogens is 1. The maximum Gasteiger partial charge on any atom is 0.308 e. The normalized spacial score (nSPS) is 21.8. The van der Waals surface area contributed by atoms with Crippen LogP contribution in [0.2, 0.25) is 0 Å². The van der Waals surface area contributed by atoms with Gasteiger partial charge in [-0.3, -0.25) is 4.79 Å². The minimum absolute atomic E-state index is 0.00228. The van der Waals surface area contributed by atoms with E-state index in [0.717, 1.165) is 72.6 Å². The van der Waals surface area contributed by atoms with Gasteiger partial charge in [-0.1, -0.05) is 0 Å². The summed E-state index contributed by atoms with van der Waals surface area (Å²) in [7, 11) is 0. The molecule has 1 aromatic carbocycles. The van der Waals surface area contributed by atoms with Crippen LogP contribution in [0.4, 0.5) is 4.39 Å². The van der Waals surface area contributed by atoms with E-state index in [4.69, 9.17) is 9.72 Å². The molecule has 1 aliphatic heterocycles. The van der Waals surface area contributed by atoms with Gasteiger partial charge in [0.2, 0.25) is 0 Å². The second-order valence-corrected chi connectivity index (χ2v) is 9.50. The van der Waals surface area contributed by atoms with Gasteiger partial charge in [0.05, 0.1) is 23.9 Å². The lowest BCUT2D eigenvalue weighted by Gasteiger charge is -2.36. The summed E-state index contributed by atoms with van der Waals surface area (Å²) >= 11 is 0. The molecule has 1 fully saturated rings. The molecule has 2 aliphatic rings. The topological polar surface area (TPSA) is 74.3 Å². The molecule has 0 amide bonds. The van der Waals surface area contributed by atoms with Crippen molar-refractivity contribution in [1.29, 1.82) is 0 Å². The van der Waals surface area contributed by atoms with E-state index in [1.165, 1.54) is 18.5 Å². The molecule has 1 saturated carbocycles. The molecule has 4 aromatic rings. The molecule has 4 heterocycles. The minimum Gasteiger partial charge on any atom is -0.466 e. The van der Waals surface area contributed by atoms with Gasteiger partial charge in [0.15, 0.2) is 5.65 Å². The third-order valence-electron chi connectivity index (χ3n) is 7.40. The summed E-state index contributed by atoms with van der Waals surface area (Å²) in [6.45, 7) is 3.15. The van der Waals surface area contributed by atoms with E-state index in [9.17, 15) is 9.18 Å². The Kier molecular flexibility index (Phi) is 4.97. The zero-order chi connectivity index (χ0) is 23.3. The molecule has 0 atom stereocenters. The van der Waals surface area contributed by atoms with Gasteiger partial charge in [-0.15, -0.1) is 0 Å². The van der Waals surface area contributed by atoms with Gasteiger partial charge in [0.1, 0.15) is 18.0 Å². The summed E-state index contributed by atoms with van der Waals surface area (Å²) in [6.07, 6.45) is 8.06. The average molecular weight is 460 g/mol. The monoisotopic (exact) mass is 459 g/mol. The Morgan fingerprint density at radius 2 is 1.91 bits per heavy atom. The SMILES string of the molecule is CCOC(=O)C1CCC2(CC1)Cc1nc(-c3ccc(F)cc3)c(-c3ccc4ncnn4c3)n1C2. The number of aromatic nitrogens is 5. The van der Waals surface area contributed by atoms with E-state index in [2.05, 4.69) is 14.6 Å². The van der Waals surface area contributed by atoms with Crippen LogP contribution in [0, 0.1) is 17.2 Å². The number of esters is 1. The van der Waals surface area contributed by atoms with Crippen LogP contribution in [0.25, 0.3) is 28.2 Å². The molecule has 0 bridgehead atoms. The number of ether oxygens (including phenoxy) is 1. The summed E-state index contributed by atoms with van der Waals surface area (Å²) in [5.41, 5.74) is 4.64. The van der Waals surface area contributed by atoms with Crippen LogP contribution in [0.3, 0.4) is 0 Å². The Morgan fingerprint density at radius 3 is 2.68 bits per heavy atom. The molecule has 0 radical (unpaired) electrons. The lowest BCUT2D eigenvalue weighted by molar-refractivity contribution is -0.150. The zero-order valence-corrected chi connectivity index (χ0v) is 19.1.